The molecule has 5 heteroatoms. The molecule has 70 heavy (non-hydrogen) atoms. The molecule has 0 N–H and O–H groups in total. The largest absolute Gasteiger partial charge is 0.489 e. The molecule has 10 aromatic rings. The average Bonchev–Trinajstić information content (AvgIpc) is 3.73. The molecule has 11 rings (SSSR count). The minimum absolute atomic E-state index is 0.481. The van der Waals surface area contributed by atoms with Gasteiger partial charge in [-0.2, -0.15) is 0 Å². The molecule has 0 aliphatic heterocycles. The van der Waals surface area contributed by atoms with Gasteiger partial charge in [-0.25, -0.2) is 0 Å². The van der Waals surface area contributed by atoms with Crippen LogP contribution in [0.15, 0.2) is 276 Å². The monoisotopic (exact) mass is 927 g/mol. The van der Waals surface area contributed by atoms with Crippen molar-refractivity contribution in [2.45, 2.75) is 46.5 Å². The normalized spacial score (nSPS) is 12.2. The lowest BCUT2D eigenvalue weighted by Crippen LogP contribution is -2.28. The Bertz CT molecular complexity index is 3100. The predicted molar refractivity (Wildman–Crippen MR) is 282 cm³/mol. The average molecular weight is 928 g/mol. The second-order valence-electron chi connectivity index (χ2n) is 17.4. The van der Waals surface area contributed by atoms with E-state index in [-0.39, 0.29) is 0 Å². The molecule has 0 heterocycles. The molecular formula is C65H51O4S+. The maximum absolute atomic E-state index is 6.34. The number of fused-ring (bicyclic) bond motifs is 3. The first-order chi connectivity index (χ1) is 34.7. The summed E-state index contributed by atoms with van der Waals surface area (Å²) in [7, 11) is -0.481. The Hall–Kier alpha value is -8.25. The van der Waals surface area contributed by atoms with E-state index >= 15 is 0 Å². The molecule has 0 spiro atoms. The second-order valence-corrected chi connectivity index (χ2v) is 19.4. The molecule has 0 amide bonds. The number of benzene rings is 10. The summed E-state index contributed by atoms with van der Waals surface area (Å²) in [5.74, 6) is 3.32. The summed E-state index contributed by atoms with van der Waals surface area (Å²) in [6.45, 7) is 2.02. The molecule has 0 saturated carbocycles. The van der Waals surface area contributed by atoms with Crippen LogP contribution < -0.4 is 18.9 Å². The van der Waals surface area contributed by atoms with E-state index in [1.165, 1.54) is 36.9 Å². The Morgan fingerprint density at radius 2 is 0.586 bits per heavy atom. The van der Waals surface area contributed by atoms with Crippen LogP contribution in [0.2, 0.25) is 0 Å². The van der Waals surface area contributed by atoms with Gasteiger partial charge < -0.3 is 18.9 Å². The Morgan fingerprint density at radius 1 is 0.271 bits per heavy atom. The fraction of sp³-hybridized carbons (Fsp3) is 0.0769. The smallest absolute Gasteiger partial charge is 0.167 e. The van der Waals surface area contributed by atoms with Crippen LogP contribution in [0.4, 0.5) is 0 Å². The second kappa shape index (κ2) is 20.5. The van der Waals surface area contributed by atoms with Crippen molar-refractivity contribution in [2.75, 3.05) is 0 Å². The number of hydrogen-bond donors (Lipinski definition) is 0. The summed E-state index contributed by atoms with van der Waals surface area (Å²) in [6, 6.07) is 92.0. The number of ether oxygens (including phenoxy) is 4. The molecule has 340 valence electrons. The van der Waals surface area contributed by atoms with Crippen molar-refractivity contribution in [3.05, 3.63) is 305 Å². The van der Waals surface area contributed by atoms with Crippen molar-refractivity contribution in [3.8, 4) is 34.1 Å². The van der Waals surface area contributed by atoms with E-state index in [9.17, 15) is 0 Å². The Kier molecular flexibility index (Phi) is 13.0. The number of rotatable bonds is 17. The van der Waals surface area contributed by atoms with Gasteiger partial charge in [0.15, 0.2) is 14.7 Å². The van der Waals surface area contributed by atoms with Gasteiger partial charge in [-0.15, -0.1) is 0 Å². The molecule has 0 fully saturated rings. The first kappa shape index (κ1) is 44.3. The van der Waals surface area contributed by atoms with Crippen molar-refractivity contribution >= 4 is 10.9 Å². The molecule has 1 aliphatic rings. The van der Waals surface area contributed by atoms with Crippen LogP contribution in [0.25, 0.3) is 11.1 Å². The van der Waals surface area contributed by atoms with Gasteiger partial charge in [0.2, 0.25) is 0 Å². The van der Waals surface area contributed by atoms with E-state index in [0.717, 1.165) is 56.4 Å². The van der Waals surface area contributed by atoms with Gasteiger partial charge in [0.05, 0.1) is 16.3 Å². The molecule has 0 saturated heterocycles. The van der Waals surface area contributed by atoms with Crippen LogP contribution in [-0.4, -0.2) is 0 Å². The highest BCUT2D eigenvalue weighted by Gasteiger charge is 2.47. The summed E-state index contributed by atoms with van der Waals surface area (Å²) in [5, 5.41) is 0. The Labute approximate surface area is 413 Å². The van der Waals surface area contributed by atoms with Crippen LogP contribution in [0.5, 0.6) is 23.0 Å². The molecule has 0 atom stereocenters. The van der Waals surface area contributed by atoms with E-state index in [1.54, 1.807) is 0 Å². The predicted octanol–water partition coefficient (Wildman–Crippen LogP) is 15.5. The fourth-order valence-electron chi connectivity index (χ4n) is 9.50. The van der Waals surface area contributed by atoms with E-state index in [2.05, 4.69) is 188 Å². The zero-order chi connectivity index (χ0) is 47.0. The Morgan fingerprint density at radius 3 is 0.971 bits per heavy atom. The zero-order valence-electron chi connectivity index (χ0n) is 38.7. The number of hydrogen-bond acceptors (Lipinski definition) is 4. The van der Waals surface area contributed by atoms with E-state index in [4.69, 9.17) is 18.9 Å². The first-order valence-corrected chi connectivity index (χ1v) is 25.0. The lowest BCUT2D eigenvalue weighted by Gasteiger charge is -2.34. The van der Waals surface area contributed by atoms with E-state index in [0.29, 0.717) is 26.4 Å². The maximum atomic E-state index is 6.34. The standard InChI is InChI=1S/C65H51O4S/c1-5-15-48(16-6-1)44-66-54-29-25-52(26-30-54)65(53-27-31-55(32-28-53)67-45-49-17-7-2-8-18-49)63-24-14-13-23-61(63)62-43-60(41-42-64(62)65)70(58-37-33-56(34-38-58)68-46-50-19-9-3-10-20-50)59-39-35-57(36-40-59)69-47-51-21-11-4-12-22-51/h1-43H,44-47H2/q+1. The van der Waals surface area contributed by atoms with Crippen molar-refractivity contribution < 1.29 is 18.9 Å². The highest BCUT2D eigenvalue weighted by molar-refractivity contribution is 7.97. The van der Waals surface area contributed by atoms with E-state index in [1.807, 2.05) is 72.8 Å². The van der Waals surface area contributed by atoms with Crippen LogP contribution >= 0.6 is 0 Å². The SMILES string of the molecule is c1ccc(COc2ccc([S+](c3ccc(OCc4ccccc4)cc3)c3ccc4c(c3)-c3ccccc3C4(c3ccc(OCc4ccccc4)cc3)c3ccc(OCc4ccccc4)cc3)cc2)cc1. The molecule has 1 aliphatic carbocycles. The third kappa shape index (κ3) is 9.45. The molecule has 0 unspecified atom stereocenters. The van der Waals surface area contributed by atoms with Gasteiger partial charge in [-0.1, -0.05) is 176 Å². The summed E-state index contributed by atoms with van der Waals surface area (Å²) in [6.07, 6.45) is 0. The van der Waals surface area contributed by atoms with Crippen molar-refractivity contribution in [2.24, 2.45) is 0 Å². The van der Waals surface area contributed by atoms with Gasteiger partial charge in [0.25, 0.3) is 0 Å². The molecule has 4 nitrogen and oxygen atoms in total. The quantitative estimate of drug-likeness (QED) is 0.0853. The van der Waals surface area contributed by atoms with Gasteiger partial charge >= 0.3 is 0 Å². The van der Waals surface area contributed by atoms with Crippen LogP contribution in [0.3, 0.4) is 0 Å². The van der Waals surface area contributed by atoms with Crippen LogP contribution in [0, 0.1) is 0 Å². The summed E-state index contributed by atoms with van der Waals surface area (Å²) in [4.78, 5) is 3.61. The van der Waals surface area contributed by atoms with Crippen molar-refractivity contribution in [1.29, 1.82) is 0 Å². The fourth-order valence-corrected chi connectivity index (χ4v) is 11.6. The third-order valence-electron chi connectivity index (χ3n) is 12.9. The Balaban J connectivity index is 0.987. The van der Waals surface area contributed by atoms with Crippen LogP contribution in [0.1, 0.15) is 44.5 Å². The van der Waals surface area contributed by atoms with Gasteiger partial charge in [-0.3, -0.25) is 0 Å². The molecule has 0 aromatic heterocycles. The van der Waals surface area contributed by atoms with Crippen LogP contribution in [-0.2, 0) is 42.7 Å². The van der Waals surface area contributed by atoms with Gasteiger partial charge in [0.1, 0.15) is 49.4 Å². The van der Waals surface area contributed by atoms with E-state index < -0.39 is 16.3 Å². The zero-order valence-corrected chi connectivity index (χ0v) is 39.5. The highest BCUT2D eigenvalue weighted by Crippen LogP contribution is 2.57. The lowest BCUT2D eigenvalue weighted by atomic mass is 9.68. The summed E-state index contributed by atoms with van der Waals surface area (Å²) in [5.41, 5.74) is 11.1. The third-order valence-corrected chi connectivity index (χ3v) is 15.2. The molecule has 10 aromatic carbocycles. The highest BCUT2D eigenvalue weighted by atomic mass is 32.2. The maximum Gasteiger partial charge on any atom is 0.167 e. The van der Waals surface area contributed by atoms with Gasteiger partial charge in [-0.05, 0) is 134 Å². The molecule has 0 bridgehead atoms. The summed E-state index contributed by atoms with van der Waals surface area (Å²) >= 11 is 0. The first-order valence-electron chi connectivity index (χ1n) is 23.7. The van der Waals surface area contributed by atoms with Crippen molar-refractivity contribution in [1.82, 2.24) is 0 Å². The van der Waals surface area contributed by atoms with Gasteiger partial charge in [0, 0.05) is 6.07 Å². The topological polar surface area (TPSA) is 36.9 Å². The summed E-state index contributed by atoms with van der Waals surface area (Å²) < 4.78 is 25.2. The van der Waals surface area contributed by atoms with Crippen molar-refractivity contribution in [3.63, 3.8) is 0 Å². The molecule has 0 radical (unpaired) electrons. The molecular weight excluding hydrogens is 877 g/mol. The lowest BCUT2D eigenvalue weighted by molar-refractivity contribution is 0.306. The minimum Gasteiger partial charge on any atom is -0.489 e. The minimum atomic E-state index is -0.630.